The summed E-state index contributed by atoms with van der Waals surface area (Å²) in [5.74, 6) is -0.331. The molecule has 0 bridgehead atoms. The first-order chi connectivity index (χ1) is 11.0. The van der Waals surface area contributed by atoms with Gasteiger partial charge in [0.15, 0.2) is 0 Å². The molecule has 4 N–H and O–H groups in total. The van der Waals surface area contributed by atoms with Gasteiger partial charge in [0.2, 0.25) is 0 Å². The monoisotopic (exact) mass is 316 g/mol. The van der Waals surface area contributed by atoms with Crippen LogP contribution in [0.1, 0.15) is 11.1 Å². The molecule has 2 rings (SSSR count). The Morgan fingerprint density at radius 3 is 2.09 bits per heavy atom. The van der Waals surface area contributed by atoms with Crippen LogP contribution in [-0.4, -0.2) is 20.2 Å². The number of carbonyl (C=O) groups is 1. The van der Waals surface area contributed by atoms with Crippen molar-refractivity contribution in [1.82, 2.24) is 0 Å². The van der Waals surface area contributed by atoms with Crippen molar-refractivity contribution >= 4 is 17.3 Å². The Bertz CT molecular complexity index is 701. The number of benzene rings is 2. The van der Waals surface area contributed by atoms with E-state index < -0.39 is 0 Å². The van der Waals surface area contributed by atoms with Crippen LogP contribution in [0.15, 0.2) is 36.4 Å². The van der Waals surface area contributed by atoms with E-state index in [-0.39, 0.29) is 19.0 Å². The van der Waals surface area contributed by atoms with E-state index in [1.807, 2.05) is 18.2 Å². The first-order valence-corrected chi connectivity index (χ1v) is 7.04. The molecular weight excluding hydrogens is 296 g/mol. The molecule has 0 atom stereocenters. The SMILES string of the molecule is COOCc1cc(N)ccc1-c1ccc(N)cc1CC(=O)OC. The van der Waals surface area contributed by atoms with Crippen LogP contribution in [0.3, 0.4) is 0 Å². The van der Waals surface area contributed by atoms with Gasteiger partial charge in [-0.15, -0.1) is 0 Å². The van der Waals surface area contributed by atoms with Crippen LogP contribution in [0.25, 0.3) is 11.1 Å². The summed E-state index contributed by atoms with van der Waals surface area (Å²) in [6, 6.07) is 10.9. The number of hydrogen-bond donors (Lipinski definition) is 2. The minimum Gasteiger partial charge on any atom is -0.469 e. The number of hydrogen-bond acceptors (Lipinski definition) is 6. The lowest BCUT2D eigenvalue weighted by molar-refractivity contribution is -0.282. The maximum atomic E-state index is 11.7. The van der Waals surface area contributed by atoms with Crippen molar-refractivity contribution in [3.05, 3.63) is 47.5 Å². The van der Waals surface area contributed by atoms with E-state index in [0.29, 0.717) is 11.4 Å². The average molecular weight is 316 g/mol. The van der Waals surface area contributed by atoms with Gasteiger partial charge < -0.3 is 16.2 Å². The van der Waals surface area contributed by atoms with Crippen molar-refractivity contribution in [2.24, 2.45) is 0 Å². The summed E-state index contributed by atoms with van der Waals surface area (Å²) in [5.41, 5.74) is 16.3. The molecule has 0 saturated carbocycles. The Kier molecular flexibility index (Phi) is 5.56. The molecule has 23 heavy (non-hydrogen) atoms. The van der Waals surface area contributed by atoms with Crippen molar-refractivity contribution in [3.63, 3.8) is 0 Å². The molecule has 2 aromatic rings. The third-order valence-electron chi connectivity index (χ3n) is 3.44. The van der Waals surface area contributed by atoms with E-state index in [1.165, 1.54) is 14.2 Å². The number of methoxy groups -OCH3 is 1. The standard InChI is InChI=1S/C17H20N2O4/c1-21-17(20)9-11-7-13(18)3-5-15(11)16-6-4-14(19)8-12(16)10-23-22-2/h3-8H,9-10,18-19H2,1-2H3. The van der Waals surface area contributed by atoms with E-state index in [1.54, 1.807) is 18.2 Å². The van der Waals surface area contributed by atoms with Crippen LogP contribution in [0.4, 0.5) is 11.4 Å². The lowest BCUT2D eigenvalue weighted by Crippen LogP contribution is -2.07. The Morgan fingerprint density at radius 1 is 0.957 bits per heavy atom. The van der Waals surface area contributed by atoms with Crippen molar-refractivity contribution in [2.75, 3.05) is 25.7 Å². The molecule has 0 saturated heterocycles. The maximum absolute atomic E-state index is 11.7. The van der Waals surface area contributed by atoms with E-state index in [9.17, 15) is 4.79 Å². The summed E-state index contributed by atoms with van der Waals surface area (Å²) < 4.78 is 4.75. The van der Waals surface area contributed by atoms with E-state index >= 15 is 0 Å². The topological polar surface area (TPSA) is 96.8 Å². The molecule has 0 aliphatic rings. The molecule has 0 aliphatic carbocycles. The quantitative estimate of drug-likeness (QED) is 0.367. The molecule has 0 radical (unpaired) electrons. The smallest absolute Gasteiger partial charge is 0.310 e. The summed E-state index contributed by atoms with van der Waals surface area (Å²) in [5, 5.41) is 0. The van der Waals surface area contributed by atoms with Gasteiger partial charge in [0.25, 0.3) is 0 Å². The number of nitrogens with two attached hydrogens (primary N) is 2. The zero-order valence-electron chi connectivity index (χ0n) is 13.2. The van der Waals surface area contributed by atoms with E-state index in [4.69, 9.17) is 21.1 Å². The summed E-state index contributed by atoms with van der Waals surface area (Å²) in [7, 11) is 2.80. The second kappa shape index (κ2) is 7.62. The second-order valence-electron chi connectivity index (χ2n) is 5.01. The Hall–Kier alpha value is -2.57. The van der Waals surface area contributed by atoms with Gasteiger partial charge in [0.05, 0.1) is 20.6 Å². The highest BCUT2D eigenvalue weighted by molar-refractivity contribution is 5.80. The zero-order valence-corrected chi connectivity index (χ0v) is 13.2. The lowest BCUT2D eigenvalue weighted by Gasteiger charge is -2.14. The molecule has 0 spiro atoms. The summed E-state index contributed by atoms with van der Waals surface area (Å²) in [4.78, 5) is 21.4. The van der Waals surface area contributed by atoms with Crippen LogP contribution in [0, 0.1) is 0 Å². The summed E-state index contributed by atoms with van der Waals surface area (Å²) in [6.45, 7) is 0.235. The number of anilines is 2. The number of ether oxygens (including phenoxy) is 1. The highest BCUT2D eigenvalue weighted by Gasteiger charge is 2.14. The van der Waals surface area contributed by atoms with Crippen LogP contribution in [0.5, 0.6) is 0 Å². The predicted molar refractivity (Wildman–Crippen MR) is 88.2 cm³/mol. The van der Waals surface area contributed by atoms with Gasteiger partial charge in [-0.05, 0) is 46.5 Å². The molecule has 122 valence electrons. The van der Waals surface area contributed by atoms with Crippen LogP contribution < -0.4 is 11.5 Å². The van der Waals surface area contributed by atoms with Crippen LogP contribution in [-0.2, 0) is 32.3 Å². The molecule has 6 nitrogen and oxygen atoms in total. The van der Waals surface area contributed by atoms with Gasteiger partial charge in [0, 0.05) is 11.4 Å². The van der Waals surface area contributed by atoms with Crippen molar-refractivity contribution < 1.29 is 19.3 Å². The fraction of sp³-hybridized carbons (Fsp3) is 0.235. The van der Waals surface area contributed by atoms with Crippen LogP contribution >= 0.6 is 0 Å². The summed E-state index contributed by atoms with van der Waals surface area (Å²) >= 11 is 0. The molecule has 2 aromatic carbocycles. The Balaban J connectivity index is 2.50. The molecule has 0 heterocycles. The average Bonchev–Trinajstić information content (AvgIpc) is 2.53. The fourth-order valence-electron chi connectivity index (χ4n) is 2.37. The van der Waals surface area contributed by atoms with Gasteiger partial charge in [-0.1, -0.05) is 12.1 Å². The molecule has 0 aliphatic heterocycles. The fourth-order valence-corrected chi connectivity index (χ4v) is 2.37. The second-order valence-corrected chi connectivity index (χ2v) is 5.01. The number of carbonyl (C=O) groups excluding carboxylic acids is 1. The predicted octanol–water partition coefficient (Wildman–Crippen LogP) is 2.31. The molecule has 6 heteroatoms. The molecule has 0 fully saturated rings. The molecule has 0 unspecified atom stereocenters. The number of esters is 1. The van der Waals surface area contributed by atoms with Crippen molar-refractivity contribution in [3.8, 4) is 11.1 Å². The zero-order chi connectivity index (χ0) is 16.8. The van der Waals surface area contributed by atoms with Crippen LogP contribution in [0.2, 0.25) is 0 Å². The van der Waals surface area contributed by atoms with Gasteiger partial charge in [-0.3, -0.25) is 4.79 Å². The number of rotatable bonds is 6. The van der Waals surface area contributed by atoms with Gasteiger partial charge in [-0.25, -0.2) is 9.78 Å². The first kappa shape index (κ1) is 16.8. The number of nitrogen functional groups attached to an aromatic ring is 2. The van der Waals surface area contributed by atoms with Gasteiger partial charge >= 0.3 is 5.97 Å². The Morgan fingerprint density at radius 2 is 1.52 bits per heavy atom. The van der Waals surface area contributed by atoms with Crippen molar-refractivity contribution in [2.45, 2.75) is 13.0 Å². The minimum absolute atomic E-state index is 0.131. The summed E-state index contributed by atoms with van der Waals surface area (Å²) in [6.07, 6.45) is 0.131. The van der Waals surface area contributed by atoms with Gasteiger partial charge in [-0.2, -0.15) is 0 Å². The maximum Gasteiger partial charge on any atom is 0.310 e. The van der Waals surface area contributed by atoms with Gasteiger partial charge in [0.1, 0.15) is 6.61 Å². The van der Waals surface area contributed by atoms with E-state index in [2.05, 4.69) is 4.89 Å². The van der Waals surface area contributed by atoms with Crippen molar-refractivity contribution in [1.29, 1.82) is 0 Å². The first-order valence-electron chi connectivity index (χ1n) is 7.04. The minimum atomic E-state index is -0.331. The van der Waals surface area contributed by atoms with E-state index in [0.717, 1.165) is 22.3 Å². The lowest BCUT2D eigenvalue weighted by atomic mass is 9.93. The molecule has 0 aromatic heterocycles. The normalized spacial score (nSPS) is 10.5. The molecular formula is C17H20N2O4. The Labute approximate surface area is 134 Å². The third-order valence-corrected chi connectivity index (χ3v) is 3.44. The highest BCUT2D eigenvalue weighted by Crippen LogP contribution is 2.31. The third kappa shape index (κ3) is 4.21. The molecule has 0 amide bonds. The highest BCUT2D eigenvalue weighted by atomic mass is 17.2. The largest absolute Gasteiger partial charge is 0.469 e.